The minimum absolute atomic E-state index is 0.195. The highest BCUT2D eigenvalue weighted by Crippen LogP contribution is 2.14. The van der Waals surface area contributed by atoms with Gasteiger partial charge in [0, 0.05) is 12.8 Å². The maximum Gasteiger partial charge on any atom is 0.411 e. The summed E-state index contributed by atoms with van der Waals surface area (Å²) in [6.45, 7) is -1.97. The molecular weight excluding hydrogens is 285 g/mol. The van der Waals surface area contributed by atoms with Gasteiger partial charge in [0.05, 0.1) is 6.61 Å². The van der Waals surface area contributed by atoms with E-state index in [-0.39, 0.29) is 12.8 Å². The molecule has 0 bridgehead atoms. The first-order valence-electron chi connectivity index (χ1n) is 5.57. The fourth-order valence-electron chi connectivity index (χ4n) is 1.16. The van der Waals surface area contributed by atoms with Crippen LogP contribution < -0.4 is 11.1 Å². The Morgan fingerprint density at radius 3 is 2.30 bits per heavy atom. The van der Waals surface area contributed by atoms with Gasteiger partial charge in [-0.25, -0.2) is 4.79 Å². The molecule has 0 fully saturated rings. The van der Waals surface area contributed by atoms with Crippen molar-refractivity contribution in [3.8, 4) is 0 Å². The number of nitrogens with one attached hydrogen (secondary N) is 1. The molecule has 0 aromatic rings. The van der Waals surface area contributed by atoms with Crippen LogP contribution in [0.3, 0.4) is 0 Å². The van der Waals surface area contributed by atoms with E-state index in [1.807, 2.05) is 0 Å². The number of carboxylic acid groups (broad SMARTS) is 1. The molecule has 116 valence electrons. The third-order valence-electron chi connectivity index (χ3n) is 2.05. The fourth-order valence-corrected chi connectivity index (χ4v) is 1.16. The van der Waals surface area contributed by atoms with E-state index in [0.29, 0.717) is 0 Å². The maximum absolute atomic E-state index is 11.7. The van der Waals surface area contributed by atoms with Gasteiger partial charge in [-0.05, 0) is 6.42 Å². The molecule has 0 spiro atoms. The molecule has 4 N–H and O–H groups in total. The Morgan fingerprint density at radius 1 is 1.25 bits per heavy atom. The van der Waals surface area contributed by atoms with Crippen molar-refractivity contribution in [3.63, 3.8) is 0 Å². The highest BCUT2D eigenvalue weighted by Gasteiger charge is 2.27. The molecule has 0 aliphatic carbocycles. The number of hydrogen-bond donors (Lipinski definition) is 3. The summed E-state index contributed by atoms with van der Waals surface area (Å²) >= 11 is 0. The fraction of sp³-hybridized carbons (Fsp3) is 0.700. The summed E-state index contributed by atoms with van der Waals surface area (Å²) in [6.07, 6.45) is -5.33. The van der Waals surface area contributed by atoms with E-state index >= 15 is 0 Å². The van der Waals surface area contributed by atoms with Crippen LogP contribution in [-0.4, -0.2) is 48.3 Å². The highest BCUT2D eigenvalue weighted by molar-refractivity contribution is 5.84. The number of primary amides is 1. The molecule has 0 unspecified atom stereocenters. The van der Waals surface area contributed by atoms with E-state index in [1.165, 1.54) is 0 Å². The maximum atomic E-state index is 11.7. The van der Waals surface area contributed by atoms with E-state index in [2.05, 4.69) is 10.1 Å². The Kier molecular flexibility index (Phi) is 7.59. The van der Waals surface area contributed by atoms with Crippen molar-refractivity contribution < 1.29 is 37.4 Å². The normalized spacial score (nSPS) is 12.8. The second-order valence-electron chi connectivity index (χ2n) is 3.88. The van der Waals surface area contributed by atoms with Gasteiger partial charge >= 0.3 is 12.1 Å². The van der Waals surface area contributed by atoms with Crippen molar-refractivity contribution in [2.24, 2.45) is 5.73 Å². The van der Waals surface area contributed by atoms with Crippen molar-refractivity contribution in [2.75, 3.05) is 13.2 Å². The van der Waals surface area contributed by atoms with Crippen LogP contribution in [0.4, 0.5) is 13.2 Å². The molecular formula is C10H15F3N2O5. The Hall–Kier alpha value is -1.84. The second kappa shape index (κ2) is 8.35. The first-order valence-corrected chi connectivity index (χ1v) is 5.57. The molecule has 0 aromatic heterocycles. The predicted octanol–water partition coefficient (Wildman–Crippen LogP) is -0.210. The molecule has 0 heterocycles. The summed E-state index contributed by atoms with van der Waals surface area (Å²) < 4.78 is 39.4. The highest BCUT2D eigenvalue weighted by atomic mass is 19.4. The lowest BCUT2D eigenvalue weighted by atomic mass is 10.1. The van der Waals surface area contributed by atoms with Crippen LogP contribution in [0.5, 0.6) is 0 Å². The quantitative estimate of drug-likeness (QED) is 0.509. The van der Waals surface area contributed by atoms with Gasteiger partial charge in [0.25, 0.3) is 0 Å². The van der Waals surface area contributed by atoms with Crippen molar-refractivity contribution in [2.45, 2.75) is 31.5 Å². The van der Waals surface area contributed by atoms with Crippen molar-refractivity contribution in [1.82, 2.24) is 5.32 Å². The van der Waals surface area contributed by atoms with Gasteiger partial charge < -0.3 is 20.9 Å². The molecule has 0 aliphatic heterocycles. The van der Waals surface area contributed by atoms with Gasteiger partial charge in [-0.2, -0.15) is 13.2 Å². The van der Waals surface area contributed by atoms with Gasteiger partial charge in [-0.1, -0.05) is 0 Å². The molecule has 7 nitrogen and oxygen atoms in total. The van der Waals surface area contributed by atoms with Gasteiger partial charge in [-0.3, -0.25) is 9.59 Å². The SMILES string of the molecule is NC(=O)CC[C@H](NC(=O)CCOCC(F)(F)F)C(=O)O. The largest absolute Gasteiger partial charge is 0.480 e. The molecule has 0 aliphatic rings. The van der Waals surface area contributed by atoms with Crippen molar-refractivity contribution in [1.29, 1.82) is 0 Å². The standard InChI is InChI=1S/C10H15F3N2O5/c11-10(12,13)5-20-4-3-8(17)15-6(9(18)19)1-2-7(14)16/h6H,1-5H2,(H2,14,16)(H,15,17)(H,18,19)/t6-/m0/s1. The predicted molar refractivity (Wildman–Crippen MR) is 59.5 cm³/mol. The van der Waals surface area contributed by atoms with Crippen LogP contribution in [0, 0.1) is 0 Å². The summed E-state index contributed by atoms with van der Waals surface area (Å²) in [6, 6.07) is -1.32. The lowest BCUT2D eigenvalue weighted by Gasteiger charge is -2.14. The van der Waals surface area contributed by atoms with Crippen LogP contribution in [0.25, 0.3) is 0 Å². The Bertz CT molecular complexity index is 359. The number of ether oxygens (including phenoxy) is 1. The zero-order chi connectivity index (χ0) is 15.8. The third kappa shape index (κ3) is 10.1. The molecule has 10 heteroatoms. The number of hydrogen-bond acceptors (Lipinski definition) is 4. The van der Waals surface area contributed by atoms with Crippen LogP contribution >= 0.6 is 0 Å². The number of carboxylic acids is 1. The smallest absolute Gasteiger partial charge is 0.411 e. The van der Waals surface area contributed by atoms with Gasteiger partial charge in [0.1, 0.15) is 12.6 Å². The molecule has 2 amide bonds. The number of carbonyl (C=O) groups is 3. The van der Waals surface area contributed by atoms with Crippen molar-refractivity contribution in [3.05, 3.63) is 0 Å². The van der Waals surface area contributed by atoms with Crippen LogP contribution in [0.2, 0.25) is 0 Å². The lowest BCUT2D eigenvalue weighted by Crippen LogP contribution is -2.41. The summed E-state index contributed by atoms with van der Waals surface area (Å²) in [5, 5.41) is 10.8. The molecule has 0 saturated carbocycles. The summed E-state index contributed by atoms with van der Waals surface area (Å²) in [5.41, 5.74) is 4.84. The van der Waals surface area contributed by atoms with Crippen LogP contribution in [0.15, 0.2) is 0 Å². The minimum atomic E-state index is -4.48. The Labute approximate surface area is 112 Å². The summed E-state index contributed by atoms with van der Waals surface area (Å²) in [5.74, 6) is -2.88. The zero-order valence-electron chi connectivity index (χ0n) is 10.4. The average molecular weight is 300 g/mol. The molecule has 20 heavy (non-hydrogen) atoms. The number of amides is 2. The number of aliphatic carboxylic acids is 1. The third-order valence-corrected chi connectivity index (χ3v) is 2.05. The van der Waals surface area contributed by atoms with E-state index in [1.54, 1.807) is 0 Å². The number of rotatable bonds is 9. The number of nitrogens with two attached hydrogens (primary N) is 1. The number of halogens is 3. The van der Waals surface area contributed by atoms with Crippen LogP contribution in [-0.2, 0) is 19.1 Å². The minimum Gasteiger partial charge on any atom is -0.480 e. The van der Waals surface area contributed by atoms with Gasteiger partial charge in [0.2, 0.25) is 11.8 Å². The topological polar surface area (TPSA) is 119 Å². The first kappa shape index (κ1) is 18.2. The Morgan fingerprint density at radius 2 is 1.85 bits per heavy atom. The van der Waals surface area contributed by atoms with E-state index in [9.17, 15) is 27.6 Å². The lowest BCUT2D eigenvalue weighted by molar-refractivity contribution is -0.174. The Balaban J connectivity index is 4.01. The average Bonchev–Trinajstić information content (AvgIpc) is 2.28. The van der Waals surface area contributed by atoms with E-state index < -0.39 is 49.6 Å². The molecule has 0 saturated heterocycles. The zero-order valence-corrected chi connectivity index (χ0v) is 10.4. The monoisotopic (exact) mass is 300 g/mol. The molecule has 1 atom stereocenters. The van der Waals surface area contributed by atoms with E-state index in [0.717, 1.165) is 0 Å². The van der Waals surface area contributed by atoms with Gasteiger partial charge in [-0.15, -0.1) is 0 Å². The van der Waals surface area contributed by atoms with Crippen LogP contribution in [0.1, 0.15) is 19.3 Å². The van der Waals surface area contributed by atoms with Gasteiger partial charge in [0.15, 0.2) is 0 Å². The molecule has 0 radical (unpaired) electrons. The number of carbonyl (C=O) groups excluding carboxylic acids is 2. The molecule has 0 rings (SSSR count). The van der Waals surface area contributed by atoms with Crippen molar-refractivity contribution >= 4 is 17.8 Å². The first-order chi connectivity index (χ1) is 9.11. The summed E-state index contributed by atoms with van der Waals surface area (Å²) in [4.78, 5) is 32.5. The number of alkyl halides is 3. The molecule has 0 aromatic carbocycles. The summed E-state index contributed by atoms with van der Waals surface area (Å²) in [7, 11) is 0. The van der Waals surface area contributed by atoms with E-state index in [4.69, 9.17) is 10.8 Å². The second-order valence-corrected chi connectivity index (χ2v) is 3.88.